The van der Waals surface area contributed by atoms with Gasteiger partial charge in [0.1, 0.15) is 0 Å². The molecule has 0 spiro atoms. The zero-order chi connectivity index (χ0) is 13.8. The Morgan fingerprint density at radius 1 is 1.40 bits per heavy atom. The molecular formula is C13H13BrN2O4. The predicted molar refractivity (Wildman–Crippen MR) is 67.4 cm³/mol. The van der Waals surface area contributed by atoms with E-state index in [4.69, 9.17) is 4.74 Å². The fourth-order valence-corrected chi connectivity index (χ4v) is 1.87. The fraction of sp³-hybridized carbons (Fsp3) is 0.231. The van der Waals surface area contributed by atoms with Crippen molar-refractivity contribution in [3.05, 3.63) is 46.8 Å². The van der Waals surface area contributed by atoms with Gasteiger partial charge >= 0.3 is 5.97 Å². The molecule has 0 unspecified atom stereocenters. The molecule has 1 aromatic carbocycles. The van der Waals surface area contributed by atoms with E-state index in [0.717, 1.165) is 0 Å². The molecule has 0 aliphatic carbocycles. The third kappa shape index (κ3) is 3.51. The highest BCUT2D eigenvalue weighted by atomic mass is 79.9. The number of nitro groups is 1. The maximum Gasteiger partial charge on any atom is 0.372 e. The Morgan fingerprint density at radius 2 is 2.15 bits per heavy atom. The molecule has 7 heteroatoms. The first-order chi connectivity index (χ1) is 9.11. The molecule has 2 rings (SSSR count). The Labute approximate surface area is 125 Å². The van der Waals surface area contributed by atoms with Gasteiger partial charge in [0.15, 0.2) is 12.4 Å². The highest BCUT2D eigenvalue weighted by Gasteiger charge is 2.15. The van der Waals surface area contributed by atoms with E-state index in [-0.39, 0.29) is 35.2 Å². The van der Waals surface area contributed by atoms with Crippen molar-refractivity contribution in [1.82, 2.24) is 0 Å². The summed E-state index contributed by atoms with van der Waals surface area (Å²) in [6.45, 7) is 2.16. The van der Waals surface area contributed by atoms with E-state index in [2.05, 4.69) is 0 Å². The summed E-state index contributed by atoms with van der Waals surface area (Å²) in [5.41, 5.74) is 0.0563. The van der Waals surface area contributed by atoms with Gasteiger partial charge in [-0.3, -0.25) is 10.1 Å². The normalized spacial score (nSPS) is 9.85. The van der Waals surface area contributed by atoms with Crippen LogP contribution in [0, 0.1) is 10.1 Å². The highest BCUT2D eigenvalue weighted by Crippen LogP contribution is 2.23. The molecule has 2 aromatic rings. The molecule has 1 aromatic heterocycles. The number of rotatable bonds is 4. The Morgan fingerprint density at radius 3 is 2.80 bits per heavy atom. The smallest absolute Gasteiger partial charge is 0.372 e. The van der Waals surface area contributed by atoms with Gasteiger partial charge in [-0.15, -0.1) is 0 Å². The predicted octanol–water partition coefficient (Wildman–Crippen LogP) is -1.40. The number of benzene rings is 1. The van der Waals surface area contributed by atoms with Crippen LogP contribution in [0.4, 0.5) is 5.69 Å². The van der Waals surface area contributed by atoms with E-state index >= 15 is 0 Å². The van der Waals surface area contributed by atoms with Crippen LogP contribution in [0.5, 0.6) is 0 Å². The Balaban J connectivity index is 0.00000200. The van der Waals surface area contributed by atoms with E-state index in [9.17, 15) is 14.9 Å². The van der Waals surface area contributed by atoms with Gasteiger partial charge in [0, 0.05) is 12.1 Å². The molecule has 1 heterocycles. The number of nitro benzene ring substituents is 1. The fourth-order valence-electron chi connectivity index (χ4n) is 1.87. The second kappa shape index (κ2) is 6.95. The molecule has 0 N–H and O–H groups in total. The third-order valence-electron chi connectivity index (χ3n) is 2.67. The number of nitrogens with zero attached hydrogens (tertiary/aromatic N) is 2. The van der Waals surface area contributed by atoms with E-state index in [0.29, 0.717) is 17.4 Å². The maximum absolute atomic E-state index is 11.4. The molecule has 0 saturated carbocycles. The van der Waals surface area contributed by atoms with Crippen LogP contribution in [0.2, 0.25) is 0 Å². The summed E-state index contributed by atoms with van der Waals surface area (Å²) in [5.74, 6) is -0.336. The molecule has 6 nitrogen and oxygen atoms in total. The van der Waals surface area contributed by atoms with Gasteiger partial charge in [0.05, 0.1) is 22.3 Å². The second-order valence-corrected chi connectivity index (χ2v) is 3.96. The van der Waals surface area contributed by atoms with Crippen LogP contribution in [0.3, 0.4) is 0 Å². The molecule has 0 atom stereocenters. The maximum atomic E-state index is 11.4. The van der Waals surface area contributed by atoms with Gasteiger partial charge in [-0.05, 0) is 13.0 Å². The Kier molecular flexibility index (Phi) is 5.57. The van der Waals surface area contributed by atoms with Gasteiger partial charge in [0.25, 0.3) is 5.69 Å². The first-order valence-corrected chi connectivity index (χ1v) is 5.83. The largest absolute Gasteiger partial charge is 1.00 e. The lowest BCUT2D eigenvalue weighted by molar-refractivity contribution is -0.684. The zero-order valence-electron chi connectivity index (χ0n) is 10.8. The number of non-ortho nitro benzene ring substituents is 1. The van der Waals surface area contributed by atoms with Crippen LogP contribution in [0.1, 0.15) is 6.92 Å². The van der Waals surface area contributed by atoms with Crippen LogP contribution in [0.25, 0.3) is 10.8 Å². The van der Waals surface area contributed by atoms with E-state index < -0.39 is 4.92 Å². The number of carbonyl (C=O) groups is 1. The summed E-state index contributed by atoms with van der Waals surface area (Å²) < 4.78 is 6.49. The molecule has 0 saturated heterocycles. The second-order valence-electron chi connectivity index (χ2n) is 3.96. The van der Waals surface area contributed by atoms with Gasteiger partial charge in [-0.1, -0.05) is 6.07 Å². The van der Waals surface area contributed by atoms with E-state index in [1.54, 1.807) is 42.1 Å². The van der Waals surface area contributed by atoms with Gasteiger partial charge in [-0.2, -0.15) is 4.57 Å². The number of ether oxygens (including phenoxy) is 1. The number of aromatic nitrogens is 1. The SMILES string of the molecule is CCOC(=O)C[n+]1ccc2c([N+](=O)[O-])cccc2c1.[Br-]. The average Bonchev–Trinajstić information content (AvgIpc) is 2.37. The van der Waals surface area contributed by atoms with Crippen LogP contribution in [-0.2, 0) is 16.1 Å². The summed E-state index contributed by atoms with van der Waals surface area (Å²) in [6.07, 6.45) is 3.32. The van der Waals surface area contributed by atoms with Crippen molar-refractivity contribution in [2.75, 3.05) is 6.61 Å². The molecule has 0 bridgehead atoms. The van der Waals surface area contributed by atoms with Crippen LogP contribution in [0.15, 0.2) is 36.7 Å². The number of fused-ring (bicyclic) bond motifs is 1. The van der Waals surface area contributed by atoms with E-state index in [1.807, 2.05) is 0 Å². The van der Waals surface area contributed by atoms with Crippen molar-refractivity contribution >= 4 is 22.4 Å². The van der Waals surface area contributed by atoms with Gasteiger partial charge < -0.3 is 21.7 Å². The Bertz CT molecular complexity index is 645. The number of pyridine rings is 1. The minimum Gasteiger partial charge on any atom is -1.00 e. The van der Waals surface area contributed by atoms with Crippen LogP contribution >= 0.6 is 0 Å². The summed E-state index contributed by atoms with van der Waals surface area (Å²) >= 11 is 0. The lowest BCUT2D eigenvalue weighted by Gasteiger charge is -2.00. The third-order valence-corrected chi connectivity index (χ3v) is 2.67. The molecule has 0 radical (unpaired) electrons. The van der Waals surface area contributed by atoms with Crippen LogP contribution in [-0.4, -0.2) is 17.5 Å². The number of esters is 1. The van der Waals surface area contributed by atoms with Crippen molar-refractivity contribution in [3.63, 3.8) is 0 Å². The molecule has 0 aliphatic rings. The van der Waals surface area contributed by atoms with Gasteiger partial charge in [0.2, 0.25) is 6.54 Å². The van der Waals surface area contributed by atoms with E-state index in [1.165, 1.54) is 6.07 Å². The summed E-state index contributed by atoms with van der Waals surface area (Å²) in [5, 5.41) is 12.1. The van der Waals surface area contributed by atoms with Gasteiger partial charge in [-0.25, -0.2) is 4.79 Å². The minimum absolute atomic E-state index is 0. The molecule has 0 aliphatic heterocycles. The topological polar surface area (TPSA) is 73.3 Å². The molecule has 0 amide bonds. The molecule has 106 valence electrons. The monoisotopic (exact) mass is 340 g/mol. The summed E-state index contributed by atoms with van der Waals surface area (Å²) in [6, 6.07) is 6.48. The molecule has 20 heavy (non-hydrogen) atoms. The minimum atomic E-state index is -0.419. The zero-order valence-corrected chi connectivity index (χ0v) is 12.4. The summed E-state index contributed by atoms with van der Waals surface area (Å²) in [4.78, 5) is 21.8. The lowest BCUT2D eigenvalue weighted by atomic mass is 10.1. The summed E-state index contributed by atoms with van der Waals surface area (Å²) in [7, 11) is 0. The molecular weight excluding hydrogens is 328 g/mol. The quantitative estimate of drug-likeness (QED) is 0.297. The lowest BCUT2D eigenvalue weighted by Crippen LogP contribution is -3.00. The van der Waals surface area contributed by atoms with Crippen molar-refractivity contribution < 1.29 is 36.0 Å². The van der Waals surface area contributed by atoms with Crippen molar-refractivity contribution in [3.8, 4) is 0 Å². The number of carbonyl (C=O) groups excluding carboxylic acids is 1. The number of hydrogen-bond acceptors (Lipinski definition) is 4. The molecule has 0 fully saturated rings. The first kappa shape index (κ1) is 16.0. The number of hydrogen-bond donors (Lipinski definition) is 0. The van der Waals surface area contributed by atoms with Crippen molar-refractivity contribution in [2.24, 2.45) is 0 Å². The number of halogens is 1. The highest BCUT2D eigenvalue weighted by molar-refractivity contribution is 5.89. The van der Waals surface area contributed by atoms with Crippen molar-refractivity contribution in [2.45, 2.75) is 13.5 Å². The first-order valence-electron chi connectivity index (χ1n) is 5.83. The van der Waals surface area contributed by atoms with Crippen LogP contribution < -0.4 is 21.5 Å². The Hall–Kier alpha value is -2.02. The van der Waals surface area contributed by atoms with Crippen molar-refractivity contribution in [1.29, 1.82) is 0 Å². The average molecular weight is 341 g/mol. The standard InChI is InChI=1S/C13H13N2O4.BrH/c1-2-19-13(16)9-14-7-6-11-10(8-14)4-3-5-12(11)15(17)18;/h3-8H,2,9H2,1H3;1H/q+1;/p-1.